The van der Waals surface area contributed by atoms with Crippen molar-refractivity contribution in [2.45, 2.75) is 0 Å². The highest BCUT2D eigenvalue weighted by atomic mass is 16.5. The SMILES string of the molecule is COc1cccc(NC(=O)CN(C)CCO)c1. The molecule has 1 aromatic carbocycles. The van der Waals surface area contributed by atoms with Crippen molar-refractivity contribution in [1.29, 1.82) is 0 Å². The van der Waals surface area contributed by atoms with Gasteiger partial charge in [0, 0.05) is 18.3 Å². The van der Waals surface area contributed by atoms with Crippen LogP contribution in [0, 0.1) is 0 Å². The Morgan fingerprint density at radius 3 is 2.94 bits per heavy atom. The summed E-state index contributed by atoms with van der Waals surface area (Å²) < 4.78 is 5.06. The van der Waals surface area contributed by atoms with E-state index in [1.807, 2.05) is 12.1 Å². The first-order valence-corrected chi connectivity index (χ1v) is 5.39. The number of rotatable bonds is 6. The number of nitrogens with one attached hydrogen (secondary N) is 1. The van der Waals surface area contributed by atoms with Crippen molar-refractivity contribution < 1.29 is 14.6 Å². The van der Waals surface area contributed by atoms with E-state index < -0.39 is 0 Å². The van der Waals surface area contributed by atoms with Crippen molar-refractivity contribution in [2.75, 3.05) is 39.2 Å². The van der Waals surface area contributed by atoms with E-state index in [9.17, 15) is 4.79 Å². The van der Waals surface area contributed by atoms with Crippen LogP contribution >= 0.6 is 0 Å². The van der Waals surface area contributed by atoms with E-state index in [2.05, 4.69) is 5.32 Å². The van der Waals surface area contributed by atoms with Gasteiger partial charge in [0.1, 0.15) is 5.75 Å². The Kier molecular flexibility index (Phi) is 5.45. The van der Waals surface area contributed by atoms with E-state index in [-0.39, 0.29) is 19.1 Å². The average molecular weight is 238 g/mol. The van der Waals surface area contributed by atoms with Crippen molar-refractivity contribution in [1.82, 2.24) is 4.90 Å². The van der Waals surface area contributed by atoms with Crippen LogP contribution in [0.15, 0.2) is 24.3 Å². The predicted molar refractivity (Wildman–Crippen MR) is 66.2 cm³/mol. The lowest BCUT2D eigenvalue weighted by Gasteiger charge is -2.14. The number of amides is 1. The van der Waals surface area contributed by atoms with Gasteiger partial charge in [-0.2, -0.15) is 0 Å². The molecule has 5 nitrogen and oxygen atoms in total. The summed E-state index contributed by atoms with van der Waals surface area (Å²) in [5.74, 6) is 0.584. The third kappa shape index (κ3) is 4.84. The first-order chi connectivity index (χ1) is 8.15. The van der Waals surface area contributed by atoms with Gasteiger partial charge in [-0.1, -0.05) is 6.07 Å². The maximum atomic E-state index is 11.6. The second-order valence-corrected chi connectivity index (χ2v) is 3.74. The van der Waals surface area contributed by atoms with Crippen molar-refractivity contribution >= 4 is 11.6 Å². The zero-order valence-corrected chi connectivity index (χ0v) is 10.1. The lowest BCUT2D eigenvalue weighted by molar-refractivity contribution is -0.117. The highest BCUT2D eigenvalue weighted by Crippen LogP contribution is 2.16. The molecule has 0 aliphatic rings. The van der Waals surface area contributed by atoms with Gasteiger partial charge in [-0.15, -0.1) is 0 Å². The van der Waals surface area contributed by atoms with Crippen LogP contribution in [0.1, 0.15) is 0 Å². The first kappa shape index (κ1) is 13.5. The quantitative estimate of drug-likeness (QED) is 0.760. The molecular weight excluding hydrogens is 220 g/mol. The zero-order valence-electron chi connectivity index (χ0n) is 10.1. The minimum atomic E-state index is -0.116. The molecule has 94 valence electrons. The smallest absolute Gasteiger partial charge is 0.238 e. The van der Waals surface area contributed by atoms with Crippen LogP contribution in [-0.2, 0) is 4.79 Å². The summed E-state index contributed by atoms with van der Waals surface area (Å²) in [7, 11) is 3.36. The largest absolute Gasteiger partial charge is 0.497 e. The fourth-order valence-electron chi connectivity index (χ4n) is 1.40. The maximum absolute atomic E-state index is 11.6. The minimum Gasteiger partial charge on any atom is -0.497 e. The normalized spacial score (nSPS) is 10.4. The van der Waals surface area contributed by atoms with Crippen LogP contribution in [-0.4, -0.2) is 49.8 Å². The number of aliphatic hydroxyl groups excluding tert-OH is 1. The lowest BCUT2D eigenvalue weighted by Crippen LogP contribution is -2.32. The standard InChI is InChI=1S/C12H18N2O3/c1-14(6-7-15)9-12(16)13-10-4-3-5-11(8-10)17-2/h3-5,8,15H,6-7,9H2,1-2H3,(H,13,16). The average Bonchev–Trinajstić information content (AvgIpc) is 2.29. The summed E-state index contributed by atoms with van der Waals surface area (Å²) in [5.41, 5.74) is 0.701. The van der Waals surface area contributed by atoms with E-state index in [1.54, 1.807) is 31.2 Å². The molecule has 1 rings (SSSR count). The molecule has 0 bridgehead atoms. The molecule has 1 amide bonds. The third-order valence-corrected chi connectivity index (χ3v) is 2.25. The van der Waals surface area contributed by atoms with Crippen LogP contribution < -0.4 is 10.1 Å². The van der Waals surface area contributed by atoms with Crippen LogP contribution in [0.2, 0.25) is 0 Å². The lowest BCUT2D eigenvalue weighted by atomic mass is 10.3. The van der Waals surface area contributed by atoms with Crippen molar-refractivity contribution in [3.63, 3.8) is 0 Å². The Labute approximate surface area is 101 Å². The monoisotopic (exact) mass is 238 g/mol. The second kappa shape index (κ2) is 6.88. The Morgan fingerprint density at radius 2 is 2.29 bits per heavy atom. The summed E-state index contributed by atoms with van der Waals surface area (Å²) in [4.78, 5) is 13.4. The van der Waals surface area contributed by atoms with E-state index in [0.717, 1.165) is 0 Å². The zero-order chi connectivity index (χ0) is 12.7. The van der Waals surface area contributed by atoms with Gasteiger partial charge in [-0.3, -0.25) is 9.69 Å². The van der Waals surface area contributed by atoms with Gasteiger partial charge in [-0.25, -0.2) is 0 Å². The number of ether oxygens (including phenoxy) is 1. The molecule has 0 heterocycles. The molecule has 0 saturated carbocycles. The number of hydrogen-bond donors (Lipinski definition) is 2. The molecule has 0 aromatic heterocycles. The van der Waals surface area contributed by atoms with E-state index in [4.69, 9.17) is 9.84 Å². The number of likely N-dealkylation sites (N-methyl/N-ethyl adjacent to an activating group) is 1. The van der Waals surface area contributed by atoms with E-state index >= 15 is 0 Å². The number of anilines is 1. The summed E-state index contributed by atoms with van der Waals surface area (Å²) in [6.45, 7) is 0.770. The van der Waals surface area contributed by atoms with Gasteiger partial charge in [-0.05, 0) is 19.2 Å². The number of hydrogen-bond acceptors (Lipinski definition) is 4. The Morgan fingerprint density at radius 1 is 1.53 bits per heavy atom. The molecule has 17 heavy (non-hydrogen) atoms. The van der Waals surface area contributed by atoms with E-state index in [1.165, 1.54) is 0 Å². The second-order valence-electron chi connectivity index (χ2n) is 3.74. The molecular formula is C12H18N2O3. The Hall–Kier alpha value is -1.59. The molecule has 0 aliphatic carbocycles. The van der Waals surface area contributed by atoms with Crippen molar-refractivity contribution in [3.05, 3.63) is 24.3 Å². The van der Waals surface area contributed by atoms with Crippen LogP contribution in [0.5, 0.6) is 5.75 Å². The highest BCUT2D eigenvalue weighted by Gasteiger charge is 2.06. The number of carbonyl (C=O) groups excluding carboxylic acids is 1. The van der Waals surface area contributed by atoms with Crippen LogP contribution in [0.3, 0.4) is 0 Å². The van der Waals surface area contributed by atoms with Crippen LogP contribution in [0.25, 0.3) is 0 Å². The number of methoxy groups -OCH3 is 1. The number of nitrogens with zero attached hydrogens (tertiary/aromatic N) is 1. The van der Waals surface area contributed by atoms with E-state index in [0.29, 0.717) is 18.0 Å². The molecule has 0 spiro atoms. The molecule has 2 N–H and O–H groups in total. The molecule has 0 saturated heterocycles. The summed E-state index contributed by atoms with van der Waals surface area (Å²) in [5, 5.41) is 11.5. The number of aliphatic hydroxyl groups is 1. The van der Waals surface area contributed by atoms with Crippen molar-refractivity contribution in [2.24, 2.45) is 0 Å². The number of benzene rings is 1. The Balaban J connectivity index is 2.49. The molecule has 0 fully saturated rings. The molecule has 0 aliphatic heterocycles. The fraction of sp³-hybridized carbons (Fsp3) is 0.417. The summed E-state index contributed by atoms with van der Waals surface area (Å²) in [6.07, 6.45) is 0. The Bertz CT molecular complexity index is 369. The number of carbonyl (C=O) groups is 1. The van der Waals surface area contributed by atoms with Gasteiger partial charge in [0.05, 0.1) is 20.3 Å². The topological polar surface area (TPSA) is 61.8 Å². The maximum Gasteiger partial charge on any atom is 0.238 e. The molecule has 0 unspecified atom stereocenters. The molecule has 1 aromatic rings. The predicted octanol–water partition coefficient (Wildman–Crippen LogP) is 0.558. The first-order valence-electron chi connectivity index (χ1n) is 5.39. The van der Waals surface area contributed by atoms with Gasteiger partial charge >= 0.3 is 0 Å². The van der Waals surface area contributed by atoms with Gasteiger partial charge in [0.15, 0.2) is 0 Å². The van der Waals surface area contributed by atoms with Crippen molar-refractivity contribution in [3.8, 4) is 5.75 Å². The molecule has 5 heteroatoms. The summed E-state index contributed by atoms with van der Waals surface area (Å²) in [6, 6.07) is 7.18. The molecule has 0 radical (unpaired) electrons. The van der Waals surface area contributed by atoms with Gasteiger partial charge in [0.25, 0.3) is 0 Å². The summed E-state index contributed by atoms with van der Waals surface area (Å²) >= 11 is 0. The highest BCUT2D eigenvalue weighted by molar-refractivity contribution is 5.92. The van der Waals surface area contributed by atoms with Gasteiger partial charge in [0.2, 0.25) is 5.91 Å². The van der Waals surface area contributed by atoms with Crippen LogP contribution in [0.4, 0.5) is 5.69 Å². The molecule has 0 atom stereocenters. The third-order valence-electron chi connectivity index (χ3n) is 2.25. The fourth-order valence-corrected chi connectivity index (χ4v) is 1.40. The van der Waals surface area contributed by atoms with Gasteiger partial charge < -0.3 is 15.2 Å². The minimum absolute atomic E-state index is 0.0446.